The number of carboxylic acid groups (broad SMARTS) is 1. The largest absolute Gasteiger partial charge is 0.481 e. The molecule has 2 aromatic heterocycles. The van der Waals surface area contributed by atoms with Crippen LogP contribution in [0.25, 0.3) is 11.1 Å². The highest BCUT2D eigenvalue weighted by Gasteiger charge is 2.53. The second kappa shape index (κ2) is 6.50. The first-order valence-corrected chi connectivity index (χ1v) is 8.36. The molecule has 0 saturated carbocycles. The van der Waals surface area contributed by atoms with Gasteiger partial charge in [0.15, 0.2) is 0 Å². The van der Waals surface area contributed by atoms with Crippen LogP contribution in [0.5, 0.6) is 0 Å². The third kappa shape index (κ3) is 3.35. The van der Waals surface area contributed by atoms with Crippen molar-refractivity contribution >= 4 is 23.0 Å². The van der Waals surface area contributed by atoms with Gasteiger partial charge in [0.05, 0.1) is 28.5 Å². The van der Waals surface area contributed by atoms with Gasteiger partial charge in [-0.3, -0.25) is 9.59 Å². The fourth-order valence-corrected chi connectivity index (χ4v) is 3.38. The highest BCUT2D eigenvalue weighted by molar-refractivity contribution is 6.06. The van der Waals surface area contributed by atoms with Gasteiger partial charge in [-0.15, -0.1) is 0 Å². The van der Waals surface area contributed by atoms with Crippen LogP contribution in [0.2, 0.25) is 0 Å². The van der Waals surface area contributed by atoms with Gasteiger partial charge in [-0.25, -0.2) is 4.98 Å². The van der Waals surface area contributed by atoms with Crippen LogP contribution in [-0.4, -0.2) is 51.3 Å². The lowest BCUT2D eigenvalue weighted by Gasteiger charge is -2.19. The van der Waals surface area contributed by atoms with Gasteiger partial charge in [0, 0.05) is 18.8 Å². The Morgan fingerprint density at radius 3 is 2.52 bits per heavy atom. The summed E-state index contributed by atoms with van der Waals surface area (Å²) in [7, 11) is 0. The van der Waals surface area contributed by atoms with Crippen LogP contribution in [0.4, 0.5) is 13.2 Å². The molecule has 1 saturated heterocycles. The molecular weight excluding hydrogens is 367 g/mol. The predicted octanol–water partition coefficient (Wildman–Crippen LogP) is 2.99. The number of carbonyl (C=O) groups is 2. The Kier molecular flexibility index (Phi) is 4.61. The summed E-state index contributed by atoms with van der Waals surface area (Å²) in [5, 5.41) is 13.4. The molecule has 0 aromatic carbocycles. The maximum atomic E-state index is 13.2. The molecule has 146 valence electrons. The van der Waals surface area contributed by atoms with Crippen LogP contribution in [0.3, 0.4) is 0 Å². The number of carboxylic acids is 1. The average molecular weight is 385 g/mol. The molecule has 1 fully saturated rings. The standard InChI is InChI=1S/C17H18F3N3O4/c1-7(2)13-12-9(4-8(3)21-14(12)27-22-13)15(24)23-5-10(16(25)26)11(6-23)17(18,19)20/h4,7,10-11H,5-6H2,1-3H3,(H,25,26)/t10-,11-/m1/s1. The zero-order valence-electron chi connectivity index (χ0n) is 14.9. The molecule has 0 bridgehead atoms. The molecule has 1 N–H and O–H groups in total. The second-order valence-corrected chi connectivity index (χ2v) is 7.02. The van der Waals surface area contributed by atoms with Crippen molar-refractivity contribution in [2.45, 2.75) is 32.9 Å². The van der Waals surface area contributed by atoms with Gasteiger partial charge in [-0.05, 0) is 18.9 Å². The first kappa shape index (κ1) is 19.1. The van der Waals surface area contributed by atoms with Gasteiger partial charge in [-0.2, -0.15) is 13.2 Å². The highest BCUT2D eigenvalue weighted by Crippen LogP contribution is 2.39. The summed E-state index contributed by atoms with van der Waals surface area (Å²) in [6, 6.07) is 1.46. The van der Waals surface area contributed by atoms with E-state index in [9.17, 15) is 22.8 Å². The lowest BCUT2D eigenvalue weighted by atomic mass is 9.96. The molecule has 0 aliphatic carbocycles. The number of likely N-dealkylation sites (tertiary alicyclic amines) is 1. The Balaban J connectivity index is 2.04. The fraction of sp³-hybridized carbons (Fsp3) is 0.529. The van der Waals surface area contributed by atoms with E-state index in [1.807, 2.05) is 13.8 Å². The van der Waals surface area contributed by atoms with Crippen molar-refractivity contribution in [1.82, 2.24) is 15.0 Å². The van der Waals surface area contributed by atoms with Crippen LogP contribution in [0.15, 0.2) is 10.6 Å². The van der Waals surface area contributed by atoms with Gasteiger partial charge >= 0.3 is 12.1 Å². The Morgan fingerprint density at radius 2 is 2.00 bits per heavy atom. The molecule has 3 rings (SSSR count). The number of nitrogens with zero attached hydrogens (tertiary/aromatic N) is 3. The molecule has 1 amide bonds. The number of rotatable bonds is 3. The van der Waals surface area contributed by atoms with E-state index in [4.69, 9.17) is 9.63 Å². The van der Waals surface area contributed by atoms with E-state index in [0.29, 0.717) is 16.8 Å². The molecule has 0 unspecified atom stereocenters. The third-order valence-electron chi connectivity index (χ3n) is 4.72. The number of alkyl halides is 3. The maximum Gasteiger partial charge on any atom is 0.394 e. The SMILES string of the molecule is Cc1cc(C(=O)N2C[C@@H](C(F)(F)F)[C@H](C(=O)O)C2)c2c(C(C)C)noc2n1. The maximum absolute atomic E-state index is 13.2. The molecule has 10 heteroatoms. The minimum Gasteiger partial charge on any atom is -0.481 e. The van der Waals surface area contributed by atoms with E-state index in [2.05, 4.69) is 10.1 Å². The molecule has 1 aliphatic heterocycles. The molecule has 2 aromatic rings. The molecule has 27 heavy (non-hydrogen) atoms. The highest BCUT2D eigenvalue weighted by atomic mass is 19.4. The Labute approximate surface area is 152 Å². The van der Waals surface area contributed by atoms with Crippen LogP contribution in [0, 0.1) is 18.8 Å². The number of fused-ring (bicyclic) bond motifs is 1. The number of aryl methyl sites for hydroxylation is 1. The number of halogens is 3. The first-order chi connectivity index (χ1) is 12.5. The van der Waals surface area contributed by atoms with E-state index in [1.54, 1.807) is 6.92 Å². The number of aromatic nitrogens is 2. The zero-order chi connectivity index (χ0) is 20.1. The van der Waals surface area contributed by atoms with Gasteiger partial charge in [0.1, 0.15) is 0 Å². The van der Waals surface area contributed by atoms with Crippen LogP contribution in [0.1, 0.15) is 41.5 Å². The summed E-state index contributed by atoms with van der Waals surface area (Å²) in [6.45, 7) is 4.08. The fourth-order valence-electron chi connectivity index (χ4n) is 3.38. The summed E-state index contributed by atoms with van der Waals surface area (Å²) in [5.41, 5.74) is 1.17. The van der Waals surface area contributed by atoms with Gasteiger partial charge < -0.3 is 14.5 Å². The predicted molar refractivity (Wildman–Crippen MR) is 87.2 cm³/mol. The van der Waals surface area contributed by atoms with Crippen LogP contribution >= 0.6 is 0 Å². The van der Waals surface area contributed by atoms with E-state index < -0.39 is 43.0 Å². The molecule has 7 nitrogen and oxygen atoms in total. The number of hydrogen-bond acceptors (Lipinski definition) is 5. The Bertz CT molecular complexity index is 907. The number of carbonyl (C=O) groups excluding carboxylic acids is 1. The van der Waals surface area contributed by atoms with Crippen molar-refractivity contribution in [3.8, 4) is 0 Å². The van der Waals surface area contributed by atoms with Gasteiger partial charge in [-0.1, -0.05) is 19.0 Å². The van der Waals surface area contributed by atoms with E-state index in [-0.39, 0.29) is 17.2 Å². The lowest BCUT2D eigenvalue weighted by molar-refractivity contribution is -0.187. The minimum absolute atomic E-state index is 0.101. The summed E-state index contributed by atoms with van der Waals surface area (Å²) in [4.78, 5) is 29.4. The number of aliphatic carboxylic acids is 1. The topological polar surface area (TPSA) is 96.5 Å². The zero-order valence-corrected chi connectivity index (χ0v) is 14.9. The van der Waals surface area contributed by atoms with Crippen molar-refractivity contribution in [3.63, 3.8) is 0 Å². The molecule has 0 spiro atoms. The van der Waals surface area contributed by atoms with Crippen molar-refractivity contribution in [2.24, 2.45) is 11.8 Å². The van der Waals surface area contributed by atoms with Crippen LogP contribution < -0.4 is 0 Å². The first-order valence-electron chi connectivity index (χ1n) is 8.36. The summed E-state index contributed by atoms with van der Waals surface area (Å²) in [6.07, 6.45) is -4.71. The van der Waals surface area contributed by atoms with Gasteiger partial charge in [0.25, 0.3) is 11.6 Å². The summed E-state index contributed by atoms with van der Waals surface area (Å²) < 4.78 is 44.8. The number of hydrogen-bond donors (Lipinski definition) is 1. The molecular formula is C17H18F3N3O4. The molecule has 2 atom stereocenters. The molecule has 3 heterocycles. The van der Waals surface area contributed by atoms with Crippen molar-refractivity contribution < 1.29 is 32.4 Å². The number of pyridine rings is 1. The second-order valence-electron chi connectivity index (χ2n) is 7.02. The number of amides is 1. The van der Waals surface area contributed by atoms with E-state index in [1.165, 1.54) is 6.07 Å². The smallest absolute Gasteiger partial charge is 0.394 e. The Morgan fingerprint density at radius 1 is 1.33 bits per heavy atom. The van der Waals surface area contributed by atoms with Crippen molar-refractivity contribution in [3.05, 3.63) is 23.0 Å². The van der Waals surface area contributed by atoms with Gasteiger partial charge in [0.2, 0.25) is 0 Å². The molecule has 0 radical (unpaired) electrons. The third-order valence-corrected chi connectivity index (χ3v) is 4.72. The monoisotopic (exact) mass is 385 g/mol. The van der Waals surface area contributed by atoms with Crippen LogP contribution in [-0.2, 0) is 4.79 Å². The quantitative estimate of drug-likeness (QED) is 0.873. The summed E-state index contributed by atoms with van der Waals surface area (Å²) >= 11 is 0. The lowest BCUT2D eigenvalue weighted by Crippen LogP contribution is -2.34. The average Bonchev–Trinajstić information content (AvgIpc) is 3.17. The van der Waals surface area contributed by atoms with E-state index >= 15 is 0 Å². The van der Waals surface area contributed by atoms with Crippen molar-refractivity contribution in [2.75, 3.05) is 13.1 Å². The molecule has 1 aliphatic rings. The summed E-state index contributed by atoms with van der Waals surface area (Å²) in [5.74, 6) is -6.16. The van der Waals surface area contributed by atoms with E-state index in [0.717, 1.165) is 4.90 Å². The van der Waals surface area contributed by atoms with Crippen molar-refractivity contribution in [1.29, 1.82) is 0 Å². The minimum atomic E-state index is -4.71. The Hall–Kier alpha value is -2.65. The normalized spacial score (nSPS) is 20.6.